The van der Waals surface area contributed by atoms with E-state index in [1.54, 1.807) is 0 Å². The van der Waals surface area contributed by atoms with Crippen LogP contribution < -0.4 is 10.6 Å². The highest BCUT2D eigenvalue weighted by Crippen LogP contribution is 2.27. The average Bonchev–Trinajstić information content (AvgIpc) is 3.45. The zero-order valence-electron chi connectivity index (χ0n) is 22.7. The summed E-state index contributed by atoms with van der Waals surface area (Å²) in [5.74, 6) is -0.384. The quantitative estimate of drug-likeness (QED) is 0.474. The summed E-state index contributed by atoms with van der Waals surface area (Å²) in [5, 5.41) is 16.2. The molecule has 9 nitrogen and oxygen atoms in total. The Morgan fingerprint density at radius 2 is 1.89 bits per heavy atom. The molecule has 1 aliphatic rings. The molecule has 37 heavy (non-hydrogen) atoms. The van der Waals surface area contributed by atoms with E-state index < -0.39 is 23.6 Å². The first-order chi connectivity index (χ1) is 17.4. The number of hydrogen-bond donors (Lipinski definition) is 3. The number of aliphatic hydroxyl groups excluding tert-OH is 1. The minimum absolute atomic E-state index is 0.0507. The Labute approximate surface area is 219 Å². The summed E-state index contributed by atoms with van der Waals surface area (Å²) in [6, 6.07) is 5.97. The number of carbonyl (C=O) groups is 3. The predicted molar refractivity (Wildman–Crippen MR) is 140 cm³/mol. The molecule has 0 saturated carbocycles. The van der Waals surface area contributed by atoms with Gasteiger partial charge in [0.05, 0.1) is 11.8 Å². The molecular formula is C28H40N4O5. The van der Waals surface area contributed by atoms with Gasteiger partial charge in [0, 0.05) is 31.0 Å². The summed E-state index contributed by atoms with van der Waals surface area (Å²) in [7, 11) is 0. The summed E-state index contributed by atoms with van der Waals surface area (Å²) < 4.78 is 5.42. The van der Waals surface area contributed by atoms with Crippen molar-refractivity contribution in [3.63, 3.8) is 0 Å². The van der Waals surface area contributed by atoms with E-state index in [2.05, 4.69) is 15.6 Å². The first-order valence-corrected chi connectivity index (χ1v) is 13.0. The molecular weight excluding hydrogens is 472 g/mol. The van der Waals surface area contributed by atoms with Gasteiger partial charge in [-0.3, -0.25) is 14.4 Å². The maximum atomic E-state index is 13.6. The van der Waals surface area contributed by atoms with Crippen molar-refractivity contribution in [2.24, 2.45) is 11.3 Å². The summed E-state index contributed by atoms with van der Waals surface area (Å²) in [4.78, 5) is 45.0. The van der Waals surface area contributed by atoms with Gasteiger partial charge in [0.25, 0.3) is 0 Å². The largest absolute Gasteiger partial charge is 0.443 e. The van der Waals surface area contributed by atoms with Crippen molar-refractivity contribution in [2.75, 3.05) is 6.54 Å². The lowest BCUT2D eigenvalue weighted by Crippen LogP contribution is -2.58. The van der Waals surface area contributed by atoms with E-state index in [9.17, 15) is 19.5 Å². The van der Waals surface area contributed by atoms with Gasteiger partial charge in [0.2, 0.25) is 17.7 Å². The molecule has 0 radical (unpaired) electrons. The number of amides is 3. The standard InChI is InChI=1S/C28H40N4O5/c1-7-8-17(2)25(34)31-24(28(4,5)6)27(36)32-15-21(33)13-22(32)26(35)29-14-19-9-11-20(12-10-19)23-18(3)30-16-37-23/h9-12,16-17,21-22,24,33H,7-8,13-15H2,1-6H3,(H,29,35)(H,31,34). The number of β-amino-alcohol motifs (C(OH)–C–C–N with tert-alkyl or cyclic N) is 1. The summed E-state index contributed by atoms with van der Waals surface area (Å²) in [5.41, 5.74) is 2.01. The van der Waals surface area contributed by atoms with Crippen LogP contribution in [0.2, 0.25) is 0 Å². The molecule has 1 aromatic carbocycles. The lowest BCUT2D eigenvalue weighted by atomic mass is 9.85. The minimum Gasteiger partial charge on any atom is -0.443 e. The molecule has 0 bridgehead atoms. The lowest BCUT2D eigenvalue weighted by Gasteiger charge is -2.35. The van der Waals surface area contributed by atoms with E-state index in [4.69, 9.17) is 4.42 Å². The molecule has 0 spiro atoms. The normalized spacial score (nSPS) is 19.4. The topological polar surface area (TPSA) is 125 Å². The van der Waals surface area contributed by atoms with Gasteiger partial charge in [-0.2, -0.15) is 0 Å². The molecule has 3 rings (SSSR count). The third kappa shape index (κ3) is 6.97. The van der Waals surface area contributed by atoms with E-state index in [0.29, 0.717) is 5.76 Å². The lowest BCUT2D eigenvalue weighted by molar-refractivity contribution is -0.144. The third-order valence-corrected chi connectivity index (χ3v) is 6.86. The number of nitrogens with zero attached hydrogens (tertiary/aromatic N) is 2. The highest BCUT2D eigenvalue weighted by molar-refractivity contribution is 5.93. The Morgan fingerprint density at radius 3 is 2.46 bits per heavy atom. The highest BCUT2D eigenvalue weighted by atomic mass is 16.3. The van der Waals surface area contributed by atoms with E-state index in [0.717, 1.165) is 29.7 Å². The van der Waals surface area contributed by atoms with Gasteiger partial charge >= 0.3 is 0 Å². The first kappa shape index (κ1) is 28.4. The molecule has 1 saturated heterocycles. The van der Waals surface area contributed by atoms with Crippen LogP contribution in [0.25, 0.3) is 11.3 Å². The molecule has 1 fully saturated rings. The van der Waals surface area contributed by atoms with Crippen molar-refractivity contribution in [3.8, 4) is 11.3 Å². The van der Waals surface area contributed by atoms with Crippen LogP contribution >= 0.6 is 0 Å². The highest BCUT2D eigenvalue weighted by Gasteiger charge is 2.44. The van der Waals surface area contributed by atoms with Gasteiger partial charge in [-0.05, 0) is 24.3 Å². The van der Waals surface area contributed by atoms with Crippen molar-refractivity contribution in [1.82, 2.24) is 20.5 Å². The Kier molecular flexibility index (Phi) is 9.12. The van der Waals surface area contributed by atoms with Crippen LogP contribution in [0.4, 0.5) is 0 Å². The molecule has 2 aromatic rings. The summed E-state index contributed by atoms with van der Waals surface area (Å²) in [6.45, 7) is 11.7. The van der Waals surface area contributed by atoms with Crippen molar-refractivity contribution in [2.45, 2.75) is 85.5 Å². The number of aliphatic hydroxyl groups is 1. The van der Waals surface area contributed by atoms with E-state index in [1.165, 1.54) is 11.3 Å². The monoisotopic (exact) mass is 512 g/mol. The molecule has 9 heteroatoms. The second-order valence-electron chi connectivity index (χ2n) is 11.1. The number of rotatable bonds is 9. The second-order valence-corrected chi connectivity index (χ2v) is 11.1. The maximum absolute atomic E-state index is 13.6. The van der Waals surface area contributed by atoms with Crippen LogP contribution in [0, 0.1) is 18.3 Å². The number of oxazole rings is 1. The van der Waals surface area contributed by atoms with Gasteiger partial charge < -0.3 is 25.1 Å². The van der Waals surface area contributed by atoms with Crippen LogP contribution in [-0.2, 0) is 20.9 Å². The SMILES string of the molecule is CCCC(C)C(=O)NC(C(=O)N1CC(O)CC1C(=O)NCc1ccc(-c2ocnc2C)cc1)C(C)(C)C. The van der Waals surface area contributed by atoms with Crippen molar-refractivity contribution < 1.29 is 23.9 Å². The zero-order valence-corrected chi connectivity index (χ0v) is 22.7. The first-order valence-electron chi connectivity index (χ1n) is 13.0. The molecule has 1 aromatic heterocycles. The van der Waals surface area contributed by atoms with Crippen LogP contribution in [0.3, 0.4) is 0 Å². The molecule has 2 heterocycles. The van der Waals surface area contributed by atoms with Crippen LogP contribution in [0.1, 0.15) is 65.1 Å². The molecule has 202 valence electrons. The minimum atomic E-state index is -0.813. The number of aromatic nitrogens is 1. The number of benzene rings is 1. The Bertz CT molecular complexity index is 1090. The Hall–Kier alpha value is -3.20. The van der Waals surface area contributed by atoms with Gasteiger partial charge in [0.1, 0.15) is 12.1 Å². The van der Waals surface area contributed by atoms with Crippen LogP contribution in [0.15, 0.2) is 35.1 Å². The number of carbonyl (C=O) groups excluding carboxylic acids is 3. The Morgan fingerprint density at radius 1 is 1.22 bits per heavy atom. The third-order valence-electron chi connectivity index (χ3n) is 6.86. The fourth-order valence-electron chi connectivity index (χ4n) is 4.63. The predicted octanol–water partition coefficient (Wildman–Crippen LogP) is 3.20. The van der Waals surface area contributed by atoms with Gasteiger partial charge in [-0.25, -0.2) is 4.98 Å². The fourth-order valence-corrected chi connectivity index (χ4v) is 4.63. The van der Waals surface area contributed by atoms with Gasteiger partial charge in [0.15, 0.2) is 12.2 Å². The van der Waals surface area contributed by atoms with Crippen LogP contribution in [0.5, 0.6) is 0 Å². The number of hydrogen-bond acceptors (Lipinski definition) is 6. The van der Waals surface area contributed by atoms with E-state index in [1.807, 2.05) is 65.8 Å². The molecule has 4 atom stereocenters. The summed E-state index contributed by atoms with van der Waals surface area (Å²) >= 11 is 0. The number of nitrogens with one attached hydrogen (secondary N) is 2. The second kappa shape index (κ2) is 11.9. The van der Waals surface area contributed by atoms with Crippen LogP contribution in [-0.4, -0.2) is 57.4 Å². The summed E-state index contributed by atoms with van der Waals surface area (Å²) in [6.07, 6.45) is 2.34. The molecule has 3 amide bonds. The van der Waals surface area contributed by atoms with Gasteiger partial charge in [-0.15, -0.1) is 0 Å². The Balaban J connectivity index is 1.68. The number of likely N-dealkylation sites (tertiary alicyclic amines) is 1. The fraction of sp³-hybridized carbons (Fsp3) is 0.571. The molecule has 0 aliphatic carbocycles. The van der Waals surface area contributed by atoms with Gasteiger partial charge in [-0.1, -0.05) is 65.3 Å². The average molecular weight is 513 g/mol. The molecule has 4 unspecified atom stereocenters. The van der Waals surface area contributed by atoms with Crippen molar-refractivity contribution >= 4 is 17.7 Å². The van der Waals surface area contributed by atoms with E-state index in [-0.39, 0.29) is 43.1 Å². The smallest absolute Gasteiger partial charge is 0.246 e. The van der Waals surface area contributed by atoms with Crippen molar-refractivity contribution in [3.05, 3.63) is 41.9 Å². The molecule has 3 N–H and O–H groups in total. The van der Waals surface area contributed by atoms with Crippen molar-refractivity contribution in [1.29, 1.82) is 0 Å². The van der Waals surface area contributed by atoms with E-state index >= 15 is 0 Å². The zero-order chi connectivity index (χ0) is 27.3. The number of aryl methyl sites for hydroxylation is 1. The molecule has 1 aliphatic heterocycles. The maximum Gasteiger partial charge on any atom is 0.246 e.